The van der Waals surface area contributed by atoms with Gasteiger partial charge in [0, 0.05) is 28.4 Å². The van der Waals surface area contributed by atoms with Crippen LogP contribution < -0.4 is 5.32 Å². The first-order chi connectivity index (χ1) is 13.2. The molecule has 3 rings (SSSR count). The molecule has 4 N–H and O–H groups in total. The lowest BCUT2D eigenvalue weighted by Gasteiger charge is -2.38. The zero-order valence-electron chi connectivity index (χ0n) is 14.8. The molecule has 0 saturated carbocycles. The maximum Gasteiger partial charge on any atom is 0.262 e. The van der Waals surface area contributed by atoms with Crippen LogP contribution in [0.15, 0.2) is 30.5 Å². The second-order valence-corrected chi connectivity index (χ2v) is 7.60. The van der Waals surface area contributed by atoms with Gasteiger partial charge in [-0.15, -0.1) is 0 Å². The van der Waals surface area contributed by atoms with Crippen LogP contribution >= 0.6 is 23.2 Å². The fourth-order valence-electron chi connectivity index (χ4n) is 3.42. The van der Waals surface area contributed by atoms with Crippen molar-refractivity contribution in [1.29, 1.82) is 0 Å². The number of aliphatic hydroxyl groups excluding tert-OH is 2. The lowest BCUT2D eigenvalue weighted by Crippen LogP contribution is -2.49. The number of alkyl halides is 1. The van der Waals surface area contributed by atoms with Gasteiger partial charge in [0.15, 0.2) is 0 Å². The maximum atomic E-state index is 15.7. The van der Waals surface area contributed by atoms with E-state index in [0.29, 0.717) is 16.1 Å². The molecule has 1 amide bonds. The molecule has 150 valence electrons. The van der Waals surface area contributed by atoms with Gasteiger partial charge in [-0.3, -0.25) is 9.78 Å². The summed E-state index contributed by atoms with van der Waals surface area (Å²) >= 11 is 12.1. The molecule has 1 aromatic carbocycles. The molecular weight excluding hydrogens is 410 g/mol. The quantitative estimate of drug-likeness (QED) is 0.585. The van der Waals surface area contributed by atoms with E-state index in [2.05, 4.69) is 10.3 Å². The van der Waals surface area contributed by atoms with Gasteiger partial charge in [0.25, 0.3) is 5.91 Å². The number of fused-ring (bicyclic) bond motifs is 1. The van der Waals surface area contributed by atoms with Crippen LogP contribution in [0.3, 0.4) is 0 Å². The number of hydrogen-bond acceptors (Lipinski definition) is 5. The number of halogens is 3. The molecule has 2 unspecified atom stereocenters. The first kappa shape index (κ1) is 21.0. The highest BCUT2D eigenvalue weighted by molar-refractivity contribution is 6.35. The number of carbonyl (C=O) groups is 1. The van der Waals surface area contributed by atoms with Crippen molar-refractivity contribution in [2.45, 2.75) is 37.3 Å². The summed E-state index contributed by atoms with van der Waals surface area (Å²) in [6.07, 6.45) is 0.876. The molecular formula is C19H19Cl2FN2O4. The van der Waals surface area contributed by atoms with E-state index in [0.717, 1.165) is 0 Å². The predicted molar refractivity (Wildman–Crippen MR) is 101 cm³/mol. The second kappa shape index (κ2) is 7.93. The molecule has 0 bridgehead atoms. The molecule has 1 aromatic heterocycles. The average molecular weight is 429 g/mol. The first-order valence-corrected chi connectivity index (χ1v) is 9.35. The van der Waals surface area contributed by atoms with Gasteiger partial charge in [0.1, 0.15) is 5.60 Å². The molecule has 1 aliphatic carbocycles. The molecule has 0 saturated heterocycles. The maximum absolute atomic E-state index is 15.7. The van der Waals surface area contributed by atoms with Crippen molar-refractivity contribution in [3.05, 3.63) is 62.9 Å². The Bertz CT molecular complexity index is 913. The zero-order valence-corrected chi connectivity index (χ0v) is 16.3. The highest BCUT2D eigenvalue weighted by atomic mass is 35.5. The Morgan fingerprint density at radius 1 is 1.29 bits per heavy atom. The minimum atomic E-state index is -2.43. The summed E-state index contributed by atoms with van der Waals surface area (Å²) in [6.45, 7) is -1.09. The van der Waals surface area contributed by atoms with E-state index >= 15 is 4.39 Å². The predicted octanol–water partition coefficient (Wildman–Crippen LogP) is 2.34. The SMILES string of the molecule is O=C(NCc1c(Cl)cc(Cl)cc1CO)C1(F)CCC(O)(CO)c2ncccc21. The highest BCUT2D eigenvalue weighted by Crippen LogP contribution is 2.45. The summed E-state index contributed by atoms with van der Waals surface area (Å²) in [6, 6.07) is 5.82. The largest absolute Gasteiger partial charge is 0.393 e. The Morgan fingerprint density at radius 3 is 2.71 bits per heavy atom. The monoisotopic (exact) mass is 428 g/mol. The second-order valence-electron chi connectivity index (χ2n) is 6.76. The average Bonchev–Trinajstić information content (AvgIpc) is 2.69. The van der Waals surface area contributed by atoms with Crippen LogP contribution in [0.25, 0.3) is 0 Å². The standard InChI is InChI=1S/C19H19Cl2FN2O4/c20-12-6-11(9-25)13(15(21)7-12)8-24-17(27)19(22)4-3-18(28,10-26)16-14(19)2-1-5-23-16/h1-2,5-7,25-26,28H,3-4,8-10H2,(H,24,27). The number of benzene rings is 1. The third kappa shape index (κ3) is 3.60. The molecule has 0 fully saturated rings. The van der Waals surface area contributed by atoms with Crippen molar-refractivity contribution < 1.29 is 24.5 Å². The summed E-state index contributed by atoms with van der Waals surface area (Å²) in [5.74, 6) is -0.920. The Kier molecular flexibility index (Phi) is 5.93. The van der Waals surface area contributed by atoms with Crippen molar-refractivity contribution in [3.8, 4) is 0 Å². The van der Waals surface area contributed by atoms with E-state index in [1.54, 1.807) is 0 Å². The number of amides is 1. The Hall–Kier alpha value is -1.77. The van der Waals surface area contributed by atoms with Gasteiger partial charge in [0.05, 0.1) is 18.9 Å². The summed E-state index contributed by atoms with van der Waals surface area (Å²) in [5, 5.41) is 32.6. The van der Waals surface area contributed by atoms with Crippen LogP contribution in [-0.2, 0) is 29.2 Å². The van der Waals surface area contributed by atoms with Crippen molar-refractivity contribution in [3.63, 3.8) is 0 Å². The van der Waals surface area contributed by atoms with E-state index in [4.69, 9.17) is 23.2 Å². The molecule has 28 heavy (non-hydrogen) atoms. The van der Waals surface area contributed by atoms with Crippen molar-refractivity contribution in [1.82, 2.24) is 10.3 Å². The number of rotatable bonds is 5. The van der Waals surface area contributed by atoms with Gasteiger partial charge in [-0.05, 0) is 42.2 Å². The van der Waals surface area contributed by atoms with Gasteiger partial charge in [-0.2, -0.15) is 0 Å². The van der Waals surface area contributed by atoms with Gasteiger partial charge < -0.3 is 20.6 Å². The van der Waals surface area contributed by atoms with Crippen LogP contribution in [0.5, 0.6) is 0 Å². The molecule has 6 nitrogen and oxygen atoms in total. The van der Waals surface area contributed by atoms with Gasteiger partial charge in [0.2, 0.25) is 5.67 Å². The van der Waals surface area contributed by atoms with Crippen LogP contribution in [0.1, 0.15) is 35.2 Å². The van der Waals surface area contributed by atoms with Crippen molar-refractivity contribution in [2.75, 3.05) is 6.61 Å². The van der Waals surface area contributed by atoms with E-state index in [1.165, 1.54) is 30.5 Å². The van der Waals surface area contributed by atoms with Crippen molar-refractivity contribution >= 4 is 29.1 Å². The lowest BCUT2D eigenvalue weighted by atomic mass is 9.74. The van der Waals surface area contributed by atoms with Crippen molar-refractivity contribution in [2.24, 2.45) is 0 Å². The topological polar surface area (TPSA) is 103 Å². The van der Waals surface area contributed by atoms with Gasteiger partial charge in [-0.25, -0.2) is 4.39 Å². The number of aliphatic hydroxyl groups is 3. The molecule has 2 atom stereocenters. The smallest absolute Gasteiger partial charge is 0.262 e. The number of aromatic nitrogens is 1. The minimum absolute atomic E-state index is 0.0537. The third-order valence-electron chi connectivity index (χ3n) is 5.03. The molecule has 2 aromatic rings. The summed E-state index contributed by atoms with van der Waals surface area (Å²) in [4.78, 5) is 16.7. The number of hydrogen-bond donors (Lipinski definition) is 4. The van der Waals surface area contributed by atoms with E-state index in [1.807, 2.05) is 0 Å². The van der Waals surface area contributed by atoms with E-state index < -0.39 is 23.8 Å². The fraction of sp³-hybridized carbons (Fsp3) is 0.368. The summed E-state index contributed by atoms with van der Waals surface area (Å²) in [7, 11) is 0. The molecule has 0 radical (unpaired) electrons. The zero-order chi connectivity index (χ0) is 20.5. The number of pyridine rings is 1. The Morgan fingerprint density at radius 2 is 2.04 bits per heavy atom. The summed E-state index contributed by atoms with van der Waals surface area (Å²) < 4.78 is 15.7. The van der Waals surface area contributed by atoms with Crippen LogP contribution in [0, 0.1) is 0 Å². The summed E-state index contributed by atoms with van der Waals surface area (Å²) in [5.41, 5.74) is -3.41. The number of carbonyl (C=O) groups excluding carboxylic acids is 1. The normalized spacial score (nSPS) is 23.9. The Balaban J connectivity index is 1.88. The van der Waals surface area contributed by atoms with Crippen LogP contribution in [-0.4, -0.2) is 32.8 Å². The minimum Gasteiger partial charge on any atom is -0.393 e. The number of nitrogens with zero attached hydrogens (tertiary/aromatic N) is 1. The lowest BCUT2D eigenvalue weighted by molar-refractivity contribution is -0.138. The first-order valence-electron chi connectivity index (χ1n) is 8.59. The van der Waals surface area contributed by atoms with Gasteiger partial charge in [-0.1, -0.05) is 29.3 Å². The molecule has 1 heterocycles. The van der Waals surface area contributed by atoms with Crippen LogP contribution in [0.4, 0.5) is 4.39 Å². The Labute approximate surface area is 170 Å². The third-order valence-corrected chi connectivity index (χ3v) is 5.58. The fourth-order valence-corrected chi connectivity index (χ4v) is 4.02. The number of nitrogens with one attached hydrogen (secondary N) is 1. The highest BCUT2D eigenvalue weighted by Gasteiger charge is 2.51. The van der Waals surface area contributed by atoms with Crippen LogP contribution in [0.2, 0.25) is 10.0 Å². The molecule has 1 aliphatic rings. The van der Waals surface area contributed by atoms with Gasteiger partial charge >= 0.3 is 0 Å². The molecule has 0 aliphatic heterocycles. The van der Waals surface area contributed by atoms with E-state index in [-0.39, 0.29) is 42.3 Å². The molecule has 0 spiro atoms. The van der Waals surface area contributed by atoms with E-state index in [9.17, 15) is 20.1 Å². The molecule has 9 heteroatoms.